The minimum atomic E-state index is -3.99. The molecule has 0 amide bonds. The van der Waals surface area contributed by atoms with Gasteiger partial charge < -0.3 is 4.74 Å². The minimum absolute atomic E-state index is 0.0806. The molecule has 2 aromatic carbocycles. The molecule has 0 unspecified atom stereocenters. The molecular weight excluding hydrogens is 462 g/mol. The van der Waals surface area contributed by atoms with E-state index in [1.54, 1.807) is 18.2 Å². The summed E-state index contributed by atoms with van der Waals surface area (Å²) in [5.41, 5.74) is 1.03. The monoisotopic (exact) mass is 483 g/mol. The Hall–Kier alpha value is -2.16. The van der Waals surface area contributed by atoms with E-state index in [1.165, 1.54) is 22.5 Å². The van der Waals surface area contributed by atoms with Crippen LogP contribution in [0, 0.1) is 18.3 Å². The van der Waals surface area contributed by atoms with Crippen molar-refractivity contribution in [1.29, 1.82) is 5.26 Å². The Labute approximate surface area is 187 Å². The SMILES string of the molecule is Cc1cc(Cl)cc(Oc2ccc(C#N)cc2S(=O)(=O)N2CCC(NS(C)(=O)=O)CC2)c1. The average molecular weight is 484 g/mol. The molecule has 8 nitrogen and oxygen atoms in total. The second kappa shape index (κ2) is 9.14. The fourth-order valence-electron chi connectivity index (χ4n) is 3.41. The van der Waals surface area contributed by atoms with E-state index < -0.39 is 20.0 Å². The lowest BCUT2D eigenvalue weighted by Crippen LogP contribution is -2.46. The highest BCUT2D eigenvalue weighted by Gasteiger charge is 2.32. The summed E-state index contributed by atoms with van der Waals surface area (Å²) in [6, 6.07) is 10.9. The third-order valence-electron chi connectivity index (χ3n) is 4.77. The van der Waals surface area contributed by atoms with Crippen molar-refractivity contribution in [2.75, 3.05) is 19.3 Å². The maximum atomic E-state index is 13.4. The van der Waals surface area contributed by atoms with E-state index in [0.29, 0.717) is 23.6 Å². The average Bonchev–Trinajstić information content (AvgIpc) is 2.66. The Bertz CT molecular complexity index is 1210. The van der Waals surface area contributed by atoms with Gasteiger partial charge in [-0.05, 0) is 61.7 Å². The van der Waals surface area contributed by atoms with E-state index in [9.17, 15) is 22.1 Å². The van der Waals surface area contributed by atoms with Crippen LogP contribution in [-0.2, 0) is 20.0 Å². The molecule has 0 radical (unpaired) electrons. The van der Waals surface area contributed by atoms with Crippen molar-refractivity contribution in [3.63, 3.8) is 0 Å². The molecule has 11 heteroatoms. The van der Waals surface area contributed by atoms with Crippen LogP contribution >= 0.6 is 11.6 Å². The van der Waals surface area contributed by atoms with Crippen LogP contribution in [0.2, 0.25) is 5.02 Å². The molecule has 1 fully saturated rings. The number of nitrogens with one attached hydrogen (secondary N) is 1. The first-order chi connectivity index (χ1) is 14.5. The van der Waals surface area contributed by atoms with Gasteiger partial charge in [-0.1, -0.05) is 11.6 Å². The van der Waals surface area contributed by atoms with Crippen LogP contribution in [0.15, 0.2) is 41.3 Å². The van der Waals surface area contributed by atoms with Crippen LogP contribution in [0.5, 0.6) is 11.5 Å². The normalized spacial score (nSPS) is 16.1. The lowest BCUT2D eigenvalue weighted by atomic mass is 10.1. The fraction of sp³-hybridized carbons (Fsp3) is 0.350. The molecule has 2 aromatic rings. The van der Waals surface area contributed by atoms with E-state index in [4.69, 9.17) is 16.3 Å². The number of rotatable bonds is 6. The molecule has 1 saturated heterocycles. The van der Waals surface area contributed by atoms with Gasteiger partial charge >= 0.3 is 0 Å². The van der Waals surface area contributed by atoms with Crippen LogP contribution in [0.1, 0.15) is 24.0 Å². The Kier molecular flexibility index (Phi) is 6.93. The van der Waals surface area contributed by atoms with Gasteiger partial charge in [0.25, 0.3) is 0 Å². The molecule has 0 bridgehead atoms. The Morgan fingerprint density at radius 2 is 1.81 bits per heavy atom. The maximum Gasteiger partial charge on any atom is 0.246 e. The summed E-state index contributed by atoms with van der Waals surface area (Å²) in [5.74, 6) is 0.458. The lowest BCUT2D eigenvalue weighted by molar-refractivity contribution is 0.308. The molecule has 0 atom stereocenters. The molecule has 0 aliphatic carbocycles. The zero-order valence-corrected chi connectivity index (χ0v) is 19.4. The summed E-state index contributed by atoms with van der Waals surface area (Å²) in [7, 11) is -7.36. The van der Waals surface area contributed by atoms with Crippen molar-refractivity contribution in [2.45, 2.75) is 30.7 Å². The van der Waals surface area contributed by atoms with Crippen LogP contribution in [0.4, 0.5) is 0 Å². The number of ether oxygens (including phenoxy) is 1. The summed E-state index contributed by atoms with van der Waals surface area (Å²) in [5, 5.41) is 9.70. The van der Waals surface area contributed by atoms with E-state index in [-0.39, 0.29) is 35.3 Å². The third-order valence-corrected chi connectivity index (χ3v) is 7.67. The molecule has 1 aliphatic rings. The number of nitriles is 1. The smallest absolute Gasteiger partial charge is 0.246 e. The Morgan fingerprint density at radius 1 is 1.13 bits per heavy atom. The Morgan fingerprint density at radius 3 is 2.39 bits per heavy atom. The van der Waals surface area contributed by atoms with Crippen molar-refractivity contribution in [1.82, 2.24) is 9.03 Å². The number of halogens is 1. The van der Waals surface area contributed by atoms with Gasteiger partial charge in [0.15, 0.2) is 0 Å². The molecule has 31 heavy (non-hydrogen) atoms. The van der Waals surface area contributed by atoms with Crippen LogP contribution in [0.3, 0.4) is 0 Å². The summed E-state index contributed by atoms with van der Waals surface area (Å²) in [4.78, 5) is -0.126. The van der Waals surface area contributed by atoms with Crippen molar-refractivity contribution in [3.8, 4) is 17.6 Å². The zero-order valence-electron chi connectivity index (χ0n) is 17.0. The predicted octanol–water partition coefficient (Wildman–Crippen LogP) is 3.01. The summed E-state index contributed by atoms with van der Waals surface area (Å²) in [6.45, 7) is 2.12. The number of hydrogen-bond acceptors (Lipinski definition) is 6. The highest BCUT2D eigenvalue weighted by molar-refractivity contribution is 7.89. The molecule has 0 spiro atoms. The first-order valence-corrected chi connectivity index (χ1v) is 13.2. The molecule has 0 saturated carbocycles. The molecule has 0 aromatic heterocycles. The predicted molar refractivity (Wildman–Crippen MR) is 117 cm³/mol. The molecule has 166 valence electrons. The highest BCUT2D eigenvalue weighted by Crippen LogP contribution is 2.34. The third kappa shape index (κ3) is 5.96. The van der Waals surface area contributed by atoms with E-state index in [0.717, 1.165) is 11.8 Å². The zero-order chi connectivity index (χ0) is 22.8. The highest BCUT2D eigenvalue weighted by atomic mass is 35.5. The van der Waals surface area contributed by atoms with Gasteiger partial charge in [0.05, 0.1) is 17.9 Å². The topological polar surface area (TPSA) is 117 Å². The number of nitrogens with zero attached hydrogens (tertiary/aromatic N) is 2. The molecular formula is C20H22ClN3O5S2. The van der Waals surface area contributed by atoms with Gasteiger partial charge in [-0.3, -0.25) is 0 Å². The second-order valence-electron chi connectivity index (χ2n) is 7.41. The van der Waals surface area contributed by atoms with Gasteiger partial charge in [-0.15, -0.1) is 0 Å². The van der Waals surface area contributed by atoms with E-state index >= 15 is 0 Å². The minimum Gasteiger partial charge on any atom is -0.456 e. The number of aryl methyl sites for hydroxylation is 1. The molecule has 1 heterocycles. The maximum absolute atomic E-state index is 13.4. The summed E-state index contributed by atoms with van der Waals surface area (Å²) in [6.07, 6.45) is 1.76. The molecule has 3 rings (SSSR count). The van der Waals surface area contributed by atoms with E-state index in [1.807, 2.05) is 13.0 Å². The molecule has 1 N–H and O–H groups in total. The van der Waals surface area contributed by atoms with Gasteiger partial charge in [-0.25, -0.2) is 21.6 Å². The van der Waals surface area contributed by atoms with Crippen LogP contribution < -0.4 is 9.46 Å². The first kappa shape index (κ1) is 23.5. The number of sulfonamides is 2. The second-order valence-corrected chi connectivity index (χ2v) is 11.5. The van der Waals surface area contributed by atoms with Crippen LogP contribution in [0.25, 0.3) is 0 Å². The number of benzene rings is 2. The standard InChI is InChI=1S/C20H22ClN3O5S2/c1-14-9-16(21)12-18(10-14)29-19-4-3-15(13-22)11-20(19)31(27,28)24-7-5-17(6-8-24)23-30(2,25)26/h3-4,9-12,17,23H,5-8H2,1-2H3. The van der Waals surface area contributed by atoms with Gasteiger partial charge in [-0.2, -0.15) is 9.57 Å². The van der Waals surface area contributed by atoms with Crippen molar-refractivity contribution in [2.24, 2.45) is 0 Å². The molecule has 1 aliphatic heterocycles. The van der Waals surface area contributed by atoms with Gasteiger partial charge in [0.1, 0.15) is 16.4 Å². The summed E-state index contributed by atoms with van der Waals surface area (Å²) >= 11 is 6.08. The van der Waals surface area contributed by atoms with Crippen LogP contribution in [-0.4, -0.2) is 46.5 Å². The number of piperidine rings is 1. The van der Waals surface area contributed by atoms with Crippen molar-refractivity contribution in [3.05, 3.63) is 52.5 Å². The first-order valence-electron chi connectivity index (χ1n) is 9.44. The lowest BCUT2D eigenvalue weighted by Gasteiger charge is -2.31. The largest absolute Gasteiger partial charge is 0.456 e. The van der Waals surface area contributed by atoms with Gasteiger partial charge in [0, 0.05) is 24.2 Å². The fourth-order valence-corrected chi connectivity index (χ4v) is 6.14. The van der Waals surface area contributed by atoms with Crippen molar-refractivity contribution < 1.29 is 21.6 Å². The summed E-state index contributed by atoms with van der Waals surface area (Å²) < 4.78 is 59.2. The number of hydrogen-bond donors (Lipinski definition) is 1. The van der Waals surface area contributed by atoms with Crippen molar-refractivity contribution >= 4 is 31.6 Å². The quantitative estimate of drug-likeness (QED) is 0.675. The Balaban J connectivity index is 1.90. The van der Waals surface area contributed by atoms with E-state index in [2.05, 4.69) is 4.72 Å². The van der Waals surface area contributed by atoms with Gasteiger partial charge in [0.2, 0.25) is 20.0 Å².